The lowest BCUT2D eigenvalue weighted by Crippen LogP contribution is -2.34. The topological polar surface area (TPSA) is 43.5 Å². The summed E-state index contributed by atoms with van der Waals surface area (Å²) in [6, 6.07) is 0. The normalized spacial score (nSPS) is 20.1. The zero-order valence-electron chi connectivity index (χ0n) is 37.6. The standard InChI is InChI=1S/C51H82N2O2S/c1-9-17-23-36(13-5)32-52(33-37(14-6)24-18-10-2)45-31-44(40-27-21-28-41(40)45)46-48(54)47(49(46)55)50-42-29-22-30-43(42)51(56-50)53(34-38(15-7)25-19-11-3)35-39(16-8)26-20-12-4/h36-39H,9-35H2,1-8H3/p+1. The molecule has 0 aromatic carbocycles. The summed E-state index contributed by atoms with van der Waals surface area (Å²) in [5.41, 5.74) is 9.76. The first-order chi connectivity index (χ1) is 27.3. The number of nitrogens with zero attached hydrogens (tertiary/aromatic N) is 2. The molecule has 1 heterocycles. The number of hydrogen-bond acceptors (Lipinski definition) is 4. The van der Waals surface area contributed by atoms with Gasteiger partial charge in [-0.25, -0.2) is 4.58 Å². The number of carbonyl (C=O) groups is 1. The third-order valence-corrected chi connectivity index (χ3v) is 15.8. The van der Waals surface area contributed by atoms with Crippen molar-refractivity contribution in [1.82, 2.24) is 0 Å². The van der Waals surface area contributed by atoms with E-state index in [2.05, 4.69) is 64.9 Å². The highest BCUT2D eigenvalue weighted by Crippen LogP contribution is 2.52. The van der Waals surface area contributed by atoms with E-state index >= 15 is 0 Å². The molecule has 4 unspecified atom stereocenters. The van der Waals surface area contributed by atoms with E-state index in [1.165, 1.54) is 141 Å². The summed E-state index contributed by atoms with van der Waals surface area (Å²) >= 11 is 1.85. The van der Waals surface area contributed by atoms with Crippen LogP contribution in [0.15, 0.2) is 28.1 Å². The van der Waals surface area contributed by atoms with E-state index in [1.54, 1.807) is 0 Å². The third-order valence-electron chi connectivity index (χ3n) is 14.4. The summed E-state index contributed by atoms with van der Waals surface area (Å²) < 4.78 is 2.80. The minimum absolute atomic E-state index is 0.116. The molecule has 56 heavy (non-hydrogen) atoms. The Hall–Kier alpha value is -2.14. The molecular formula is C51H83N2O2S+. The second kappa shape index (κ2) is 22.3. The molecule has 314 valence electrons. The van der Waals surface area contributed by atoms with Gasteiger partial charge in [-0.3, -0.25) is 4.79 Å². The lowest BCUT2D eigenvalue weighted by molar-refractivity contribution is -0.543. The summed E-state index contributed by atoms with van der Waals surface area (Å²) in [5.74, 6) is 3.20. The Morgan fingerprint density at radius 2 is 1.09 bits per heavy atom. The number of ketones is 1. The van der Waals surface area contributed by atoms with Gasteiger partial charge in [0.1, 0.15) is 18.8 Å². The van der Waals surface area contributed by atoms with Gasteiger partial charge in [0.15, 0.2) is 5.71 Å². The Bertz CT molecular complexity index is 1550. The molecule has 4 aliphatic carbocycles. The van der Waals surface area contributed by atoms with Crippen molar-refractivity contribution in [2.24, 2.45) is 23.7 Å². The Kier molecular flexibility index (Phi) is 17.9. The van der Waals surface area contributed by atoms with Gasteiger partial charge in [-0.1, -0.05) is 120 Å². The number of hydrogen-bond donors (Lipinski definition) is 1. The molecule has 1 aromatic rings. The molecule has 1 aromatic heterocycles. The number of carbonyl (C=O) groups excluding carboxylic acids is 1. The zero-order chi connectivity index (χ0) is 40.2. The number of aliphatic hydroxyl groups excluding tert-OH is 1. The van der Waals surface area contributed by atoms with Crippen LogP contribution in [-0.4, -0.2) is 47.4 Å². The van der Waals surface area contributed by atoms with E-state index in [9.17, 15) is 9.90 Å². The van der Waals surface area contributed by atoms with E-state index < -0.39 is 0 Å². The second-order valence-electron chi connectivity index (χ2n) is 18.4. The van der Waals surface area contributed by atoms with Crippen molar-refractivity contribution >= 4 is 33.4 Å². The second-order valence-corrected chi connectivity index (χ2v) is 19.4. The molecule has 0 radical (unpaired) electrons. The van der Waals surface area contributed by atoms with Crippen molar-refractivity contribution < 1.29 is 14.5 Å². The number of Topliss-reactive ketones (excluding diaryl/α,β-unsaturated/α-hetero) is 1. The fourth-order valence-electron chi connectivity index (χ4n) is 10.6. The molecule has 0 saturated heterocycles. The number of thiophene rings is 1. The van der Waals surface area contributed by atoms with Gasteiger partial charge in [0.2, 0.25) is 5.78 Å². The monoisotopic (exact) mass is 788 g/mol. The molecular weight excluding hydrogens is 705 g/mol. The summed E-state index contributed by atoms with van der Waals surface area (Å²) in [5, 5.41) is 13.6. The quantitative estimate of drug-likeness (QED) is 0.0751. The molecule has 0 amide bonds. The van der Waals surface area contributed by atoms with Gasteiger partial charge in [0.25, 0.3) is 0 Å². The van der Waals surface area contributed by atoms with Gasteiger partial charge in [-0.05, 0) is 111 Å². The van der Waals surface area contributed by atoms with Gasteiger partial charge in [-0.2, -0.15) is 0 Å². The number of rotatable bonds is 26. The van der Waals surface area contributed by atoms with Crippen LogP contribution >= 0.6 is 11.3 Å². The summed E-state index contributed by atoms with van der Waals surface area (Å²) in [6.45, 7) is 23.3. The van der Waals surface area contributed by atoms with Crippen LogP contribution in [0.5, 0.6) is 0 Å². The van der Waals surface area contributed by atoms with Crippen LogP contribution in [0.4, 0.5) is 5.00 Å². The number of unbranched alkanes of at least 4 members (excludes halogenated alkanes) is 4. The SMILES string of the molecule is CCCCC(CC)CN(CC(CC)CCCC)c1sc(C2=C(O)C(=C3CC(=[N+](CC(CC)CCCC)CC(CC)CCCC)C4=C3CCC4)C2=O)c2c1CCC2. The molecule has 0 saturated carbocycles. The van der Waals surface area contributed by atoms with Gasteiger partial charge in [0.05, 0.1) is 22.6 Å². The molecule has 0 spiro atoms. The first-order valence-corrected chi connectivity index (χ1v) is 25.0. The highest BCUT2D eigenvalue weighted by molar-refractivity contribution is 7.18. The molecule has 5 rings (SSSR count). The van der Waals surface area contributed by atoms with E-state index in [1.807, 2.05) is 11.3 Å². The molecule has 1 N–H and O–H groups in total. The molecule has 0 bridgehead atoms. The minimum Gasteiger partial charge on any atom is -0.506 e. The summed E-state index contributed by atoms with van der Waals surface area (Å²) in [4.78, 5) is 18.5. The van der Waals surface area contributed by atoms with Gasteiger partial charge >= 0.3 is 0 Å². The van der Waals surface area contributed by atoms with Gasteiger partial charge < -0.3 is 10.0 Å². The highest BCUT2D eigenvalue weighted by atomic mass is 32.1. The first kappa shape index (κ1) is 45.0. The maximum Gasteiger partial charge on any atom is 0.202 e. The van der Waals surface area contributed by atoms with Crippen molar-refractivity contribution in [2.45, 2.75) is 203 Å². The number of aliphatic hydroxyl groups is 1. The fraction of sp³-hybridized carbons (Fsp3) is 0.765. The van der Waals surface area contributed by atoms with E-state index in [-0.39, 0.29) is 5.78 Å². The van der Waals surface area contributed by atoms with Crippen molar-refractivity contribution in [3.63, 3.8) is 0 Å². The largest absolute Gasteiger partial charge is 0.506 e. The average Bonchev–Trinajstić information content (AvgIpc) is 4.02. The predicted molar refractivity (Wildman–Crippen MR) is 244 cm³/mol. The van der Waals surface area contributed by atoms with Crippen molar-refractivity contribution in [3.8, 4) is 0 Å². The first-order valence-electron chi connectivity index (χ1n) is 24.2. The van der Waals surface area contributed by atoms with Crippen LogP contribution in [0, 0.1) is 23.7 Å². The van der Waals surface area contributed by atoms with Crippen molar-refractivity contribution in [2.75, 3.05) is 31.1 Å². The minimum atomic E-state index is 0.116. The van der Waals surface area contributed by atoms with Crippen LogP contribution in [0.3, 0.4) is 0 Å². The molecule has 0 aliphatic heterocycles. The Morgan fingerprint density at radius 3 is 1.59 bits per heavy atom. The van der Waals surface area contributed by atoms with Crippen LogP contribution < -0.4 is 4.90 Å². The zero-order valence-corrected chi connectivity index (χ0v) is 38.4. The van der Waals surface area contributed by atoms with E-state index in [4.69, 9.17) is 0 Å². The fourth-order valence-corrected chi connectivity index (χ4v) is 12.0. The maximum atomic E-state index is 14.6. The Morgan fingerprint density at radius 1 is 0.607 bits per heavy atom. The van der Waals surface area contributed by atoms with Gasteiger partial charge in [0, 0.05) is 35.4 Å². The van der Waals surface area contributed by atoms with Crippen LogP contribution in [0.25, 0.3) is 5.57 Å². The summed E-state index contributed by atoms with van der Waals surface area (Å²) in [6.07, 6.45) is 27.7. The third kappa shape index (κ3) is 10.3. The molecule has 4 atom stereocenters. The van der Waals surface area contributed by atoms with Gasteiger partial charge in [-0.15, -0.1) is 11.3 Å². The predicted octanol–water partition coefficient (Wildman–Crippen LogP) is 14.4. The smallest absolute Gasteiger partial charge is 0.202 e. The molecule has 5 heteroatoms. The number of fused-ring (bicyclic) bond motifs is 1. The van der Waals surface area contributed by atoms with Crippen LogP contribution in [0.2, 0.25) is 0 Å². The number of anilines is 1. The molecule has 0 fully saturated rings. The van der Waals surface area contributed by atoms with Crippen molar-refractivity contribution in [1.29, 1.82) is 0 Å². The number of allylic oxidation sites excluding steroid dienone is 5. The molecule has 4 nitrogen and oxygen atoms in total. The van der Waals surface area contributed by atoms with Crippen LogP contribution in [-0.2, 0) is 17.6 Å². The lowest BCUT2D eigenvalue weighted by Gasteiger charge is -2.32. The lowest BCUT2D eigenvalue weighted by atomic mass is 9.80. The Labute approximate surface area is 348 Å². The van der Waals surface area contributed by atoms with Crippen LogP contribution in [0.1, 0.15) is 206 Å². The highest BCUT2D eigenvalue weighted by Gasteiger charge is 2.46. The van der Waals surface area contributed by atoms with Crippen molar-refractivity contribution in [3.05, 3.63) is 44.1 Å². The van der Waals surface area contributed by atoms with E-state index in [0.29, 0.717) is 40.6 Å². The maximum absolute atomic E-state index is 14.6. The average molecular weight is 788 g/mol. The Balaban J connectivity index is 1.53. The summed E-state index contributed by atoms with van der Waals surface area (Å²) in [7, 11) is 0. The molecule has 4 aliphatic rings. The van der Waals surface area contributed by atoms with E-state index in [0.717, 1.165) is 76.0 Å².